The van der Waals surface area contributed by atoms with Gasteiger partial charge in [-0.05, 0) is 37.3 Å². The first kappa shape index (κ1) is 13.3. The van der Waals surface area contributed by atoms with Crippen molar-refractivity contribution in [3.8, 4) is 6.07 Å². The highest BCUT2D eigenvalue weighted by molar-refractivity contribution is 5.51. The van der Waals surface area contributed by atoms with Gasteiger partial charge in [0.2, 0.25) is 0 Å². The van der Waals surface area contributed by atoms with Crippen LogP contribution in [0, 0.1) is 17.2 Å². The van der Waals surface area contributed by atoms with E-state index in [9.17, 15) is 0 Å². The lowest BCUT2D eigenvalue weighted by molar-refractivity contribution is -0.0598. The standard InChI is InChI=1S/C15H19N3O2/c16-8-12-2-1-6-17-15(12)18-13-5-7-19-10-14(13)20-9-11-3-4-11/h1-2,6,11,13-14H,3-5,7,9-10H2,(H,17,18)/t13-,14-/m1/s1. The van der Waals surface area contributed by atoms with Crippen molar-refractivity contribution in [1.29, 1.82) is 5.26 Å². The van der Waals surface area contributed by atoms with E-state index in [1.165, 1.54) is 12.8 Å². The molecule has 0 unspecified atom stereocenters. The summed E-state index contributed by atoms with van der Waals surface area (Å²) in [5.74, 6) is 1.38. The maximum absolute atomic E-state index is 9.11. The van der Waals surface area contributed by atoms with Gasteiger partial charge in [-0.1, -0.05) is 0 Å². The Bertz CT molecular complexity index is 496. The fourth-order valence-corrected chi connectivity index (χ4v) is 2.37. The van der Waals surface area contributed by atoms with E-state index in [0.717, 1.165) is 25.6 Å². The van der Waals surface area contributed by atoms with E-state index in [2.05, 4.69) is 16.4 Å². The number of hydrogen-bond acceptors (Lipinski definition) is 5. The van der Waals surface area contributed by atoms with E-state index >= 15 is 0 Å². The van der Waals surface area contributed by atoms with E-state index in [0.29, 0.717) is 18.0 Å². The number of nitrogens with zero attached hydrogens (tertiary/aromatic N) is 2. The van der Waals surface area contributed by atoms with Gasteiger partial charge in [-0.15, -0.1) is 0 Å². The molecule has 106 valence electrons. The lowest BCUT2D eigenvalue weighted by atomic mass is 10.1. The van der Waals surface area contributed by atoms with Crippen molar-refractivity contribution in [2.24, 2.45) is 5.92 Å². The van der Waals surface area contributed by atoms with Gasteiger partial charge in [-0.3, -0.25) is 0 Å². The molecule has 1 N–H and O–H groups in total. The van der Waals surface area contributed by atoms with Gasteiger partial charge >= 0.3 is 0 Å². The molecule has 1 saturated carbocycles. The number of nitrogens with one attached hydrogen (secondary N) is 1. The number of hydrogen-bond donors (Lipinski definition) is 1. The molecule has 1 aliphatic heterocycles. The molecule has 5 nitrogen and oxygen atoms in total. The molecule has 5 heteroatoms. The van der Waals surface area contributed by atoms with Crippen LogP contribution in [0.1, 0.15) is 24.8 Å². The van der Waals surface area contributed by atoms with Crippen LogP contribution >= 0.6 is 0 Å². The molecule has 0 amide bonds. The quantitative estimate of drug-likeness (QED) is 0.888. The molecule has 3 rings (SSSR count). The highest BCUT2D eigenvalue weighted by Crippen LogP contribution is 2.30. The maximum atomic E-state index is 9.11. The highest BCUT2D eigenvalue weighted by atomic mass is 16.5. The summed E-state index contributed by atoms with van der Waals surface area (Å²) in [6, 6.07) is 5.87. The number of anilines is 1. The Morgan fingerprint density at radius 3 is 3.15 bits per heavy atom. The average Bonchev–Trinajstić information content (AvgIpc) is 3.31. The third kappa shape index (κ3) is 3.27. The minimum Gasteiger partial charge on any atom is -0.379 e. The third-order valence-electron chi connectivity index (χ3n) is 3.80. The zero-order valence-corrected chi connectivity index (χ0v) is 11.4. The summed E-state index contributed by atoms with van der Waals surface area (Å²) in [6.45, 7) is 2.15. The molecule has 0 bridgehead atoms. The largest absolute Gasteiger partial charge is 0.379 e. The molecule has 20 heavy (non-hydrogen) atoms. The summed E-state index contributed by atoms with van der Waals surface area (Å²) in [5.41, 5.74) is 0.569. The molecule has 1 saturated heterocycles. The first-order valence-electron chi connectivity index (χ1n) is 7.18. The van der Waals surface area contributed by atoms with Crippen LogP contribution < -0.4 is 5.32 Å². The first-order chi connectivity index (χ1) is 9.86. The Morgan fingerprint density at radius 1 is 1.45 bits per heavy atom. The Kier molecular flexibility index (Phi) is 4.14. The van der Waals surface area contributed by atoms with Crippen LogP contribution in [0.5, 0.6) is 0 Å². The lowest BCUT2D eigenvalue weighted by Crippen LogP contribution is -2.44. The van der Waals surface area contributed by atoms with Crippen molar-refractivity contribution < 1.29 is 9.47 Å². The van der Waals surface area contributed by atoms with Crippen LogP contribution in [-0.2, 0) is 9.47 Å². The van der Waals surface area contributed by atoms with Gasteiger partial charge in [0.1, 0.15) is 18.0 Å². The molecular formula is C15H19N3O2. The minimum absolute atomic E-state index is 0.0397. The molecule has 2 atom stereocenters. The Hall–Kier alpha value is -1.64. The normalized spacial score (nSPS) is 25.9. The summed E-state index contributed by atoms with van der Waals surface area (Å²) in [4.78, 5) is 4.26. The van der Waals surface area contributed by atoms with Crippen LogP contribution in [0.25, 0.3) is 0 Å². The molecule has 0 radical (unpaired) electrons. The zero-order chi connectivity index (χ0) is 13.8. The van der Waals surface area contributed by atoms with Crippen molar-refractivity contribution in [2.75, 3.05) is 25.1 Å². The van der Waals surface area contributed by atoms with E-state index in [-0.39, 0.29) is 12.1 Å². The molecule has 2 fully saturated rings. The van der Waals surface area contributed by atoms with Gasteiger partial charge in [0.15, 0.2) is 0 Å². The predicted molar refractivity (Wildman–Crippen MR) is 74.3 cm³/mol. The number of rotatable bonds is 5. The monoisotopic (exact) mass is 273 g/mol. The average molecular weight is 273 g/mol. The van der Waals surface area contributed by atoms with Crippen LogP contribution in [0.4, 0.5) is 5.82 Å². The van der Waals surface area contributed by atoms with Crippen LogP contribution in [0.2, 0.25) is 0 Å². The number of pyridine rings is 1. The Balaban J connectivity index is 1.64. The maximum Gasteiger partial charge on any atom is 0.144 e. The zero-order valence-electron chi connectivity index (χ0n) is 11.4. The topological polar surface area (TPSA) is 67.2 Å². The molecule has 0 spiro atoms. The fraction of sp³-hybridized carbons (Fsp3) is 0.600. The Labute approximate surface area is 118 Å². The predicted octanol–water partition coefficient (Wildman–Crippen LogP) is 1.95. The van der Waals surface area contributed by atoms with Gasteiger partial charge in [-0.25, -0.2) is 4.98 Å². The van der Waals surface area contributed by atoms with Crippen molar-refractivity contribution in [1.82, 2.24) is 4.98 Å². The molecule has 2 heterocycles. The SMILES string of the molecule is N#Cc1cccnc1N[C@@H]1CCOC[C@H]1OCC1CC1. The van der Waals surface area contributed by atoms with Crippen molar-refractivity contribution in [3.63, 3.8) is 0 Å². The smallest absolute Gasteiger partial charge is 0.144 e. The van der Waals surface area contributed by atoms with Gasteiger partial charge < -0.3 is 14.8 Å². The van der Waals surface area contributed by atoms with Gasteiger partial charge in [-0.2, -0.15) is 5.26 Å². The minimum atomic E-state index is 0.0397. The molecule has 1 aromatic heterocycles. The molecular weight excluding hydrogens is 254 g/mol. The fourth-order valence-electron chi connectivity index (χ4n) is 2.37. The summed E-state index contributed by atoms with van der Waals surface area (Å²) >= 11 is 0. The summed E-state index contributed by atoms with van der Waals surface area (Å²) < 4.78 is 11.5. The van der Waals surface area contributed by atoms with Crippen LogP contribution in [0.3, 0.4) is 0 Å². The summed E-state index contributed by atoms with van der Waals surface area (Å²) in [7, 11) is 0. The number of aromatic nitrogens is 1. The lowest BCUT2D eigenvalue weighted by Gasteiger charge is -2.32. The second-order valence-electron chi connectivity index (χ2n) is 5.44. The molecule has 0 aromatic carbocycles. The second-order valence-corrected chi connectivity index (χ2v) is 5.44. The third-order valence-corrected chi connectivity index (χ3v) is 3.80. The van der Waals surface area contributed by atoms with E-state index in [4.69, 9.17) is 14.7 Å². The summed E-state index contributed by atoms with van der Waals surface area (Å²) in [6.07, 6.45) is 5.17. The van der Waals surface area contributed by atoms with E-state index in [1.54, 1.807) is 18.3 Å². The van der Waals surface area contributed by atoms with Crippen LogP contribution in [0.15, 0.2) is 18.3 Å². The van der Waals surface area contributed by atoms with Gasteiger partial charge in [0.05, 0.1) is 18.2 Å². The van der Waals surface area contributed by atoms with E-state index in [1.807, 2.05) is 0 Å². The highest BCUT2D eigenvalue weighted by Gasteiger charge is 2.30. The van der Waals surface area contributed by atoms with Crippen molar-refractivity contribution in [3.05, 3.63) is 23.9 Å². The van der Waals surface area contributed by atoms with Crippen LogP contribution in [-0.4, -0.2) is 37.0 Å². The van der Waals surface area contributed by atoms with Crippen molar-refractivity contribution in [2.45, 2.75) is 31.4 Å². The van der Waals surface area contributed by atoms with E-state index < -0.39 is 0 Å². The van der Waals surface area contributed by atoms with Gasteiger partial charge in [0, 0.05) is 19.4 Å². The number of nitriles is 1. The second kappa shape index (κ2) is 6.21. The Morgan fingerprint density at radius 2 is 2.35 bits per heavy atom. The molecule has 1 aromatic rings. The summed E-state index contributed by atoms with van der Waals surface area (Å²) in [5, 5.41) is 12.5. The first-order valence-corrected chi connectivity index (χ1v) is 7.18. The van der Waals surface area contributed by atoms with Gasteiger partial charge in [0.25, 0.3) is 0 Å². The number of ether oxygens (including phenoxy) is 2. The molecule has 2 aliphatic rings. The van der Waals surface area contributed by atoms with Crippen molar-refractivity contribution >= 4 is 5.82 Å². The molecule has 1 aliphatic carbocycles.